The van der Waals surface area contributed by atoms with Crippen molar-refractivity contribution in [3.05, 3.63) is 18.2 Å². The highest BCUT2D eigenvalue weighted by Gasteiger charge is 2.10. The van der Waals surface area contributed by atoms with Crippen LogP contribution in [0.15, 0.2) is 28.0 Å². The van der Waals surface area contributed by atoms with Crippen LogP contribution in [0.5, 0.6) is 5.75 Å². The fraction of sp³-hybridized carbons (Fsp3) is 0.333. The van der Waals surface area contributed by atoms with E-state index in [1.165, 1.54) is 43.8 Å². The summed E-state index contributed by atoms with van der Waals surface area (Å²) in [5.74, 6) is -0.257. The summed E-state index contributed by atoms with van der Waals surface area (Å²) >= 11 is 2.53. The molecule has 104 valence electrons. The first-order valence-corrected chi connectivity index (χ1v) is 7.26. The number of rotatable bonds is 6. The van der Waals surface area contributed by atoms with Crippen molar-refractivity contribution in [1.29, 1.82) is 0 Å². The van der Waals surface area contributed by atoms with Gasteiger partial charge in [0.25, 0.3) is 0 Å². The average molecular weight is 302 g/mol. The molecule has 0 spiro atoms. The minimum Gasteiger partial charge on any atom is -0.508 e. The molecule has 0 bridgehead atoms. The molecule has 0 radical (unpaired) electrons. The van der Waals surface area contributed by atoms with Gasteiger partial charge >= 0.3 is 11.9 Å². The maximum absolute atomic E-state index is 11.1. The van der Waals surface area contributed by atoms with E-state index in [0.29, 0.717) is 0 Å². The van der Waals surface area contributed by atoms with E-state index in [-0.39, 0.29) is 29.2 Å². The first kappa shape index (κ1) is 15.7. The molecular weight excluding hydrogens is 288 g/mol. The normalized spacial score (nSPS) is 10.0. The van der Waals surface area contributed by atoms with Gasteiger partial charge in [0.05, 0.1) is 25.7 Å². The van der Waals surface area contributed by atoms with E-state index in [1.54, 1.807) is 12.1 Å². The molecule has 1 aromatic rings. The number of methoxy groups -OCH3 is 2. The van der Waals surface area contributed by atoms with E-state index in [0.717, 1.165) is 9.79 Å². The Hall–Kier alpha value is -1.34. The molecule has 19 heavy (non-hydrogen) atoms. The number of benzene rings is 1. The Morgan fingerprint density at radius 3 is 2.11 bits per heavy atom. The zero-order valence-electron chi connectivity index (χ0n) is 10.5. The van der Waals surface area contributed by atoms with Crippen LogP contribution in [0.2, 0.25) is 0 Å². The summed E-state index contributed by atoms with van der Waals surface area (Å²) in [5.41, 5.74) is 0. The van der Waals surface area contributed by atoms with Crippen molar-refractivity contribution >= 4 is 35.5 Å². The minimum atomic E-state index is -0.350. The van der Waals surface area contributed by atoms with E-state index in [2.05, 4.69) is 9.47 Å². The number of carbonyl (C=O) groups excluding carboxylic acids is 2. The van der Waals surface area contributed by atoms with Crippen LogP contribution in [0, 0.1) is 0 Å². The van der Waals surface area contributed by atoms with Gasteiger partial charge < -0.3 is 14.6 Å². The highest BCUT2D eigenvalue weighted by atomic mass is 32.2. The zero-order chi connectivity index (χ0) is 14.3. The van der Waals surface area contributed by atoms with Gasteiger partial charge in [0, 0.05) is 9.79 Å². The van der Waals surface area contributed by atoms with Crippen LogP contribution in [0.25, 0.3) is 0 Å². The second-order valence-electron chi connectivity index (χ2n) is 3.36. The molecule has 0 aliphatic heterocycles. The Labute approximate surface area is 119 Å². The third kappa shape index (κ3) is 5.44. The lowest BCUT2D eigenvalue weighted by molar-refractivity contribution is -0.138. The molecule has 1 rings (SSSR count). The molecule has 5 nitrogen and oxygen atoms in total. The fourth-order valence-corrected chi connectivity index (χ4v) is 3.04. The molecule has 7 heteroatoms. The lowest BCUT2D eigenvalue weighted by Crippen LogP contribution is -2.04. The minimum absolute atomic E-state index is 0.106. The number of thioether (sulfide) groups is 2. The Morgan fingerprint density at radius 2 is 1.58 bits per heavy atom. The van der Waals surface area contributed by atoms with Crippen LogP contribution in [0.3, 0.4) is 0 Å². The van der Waals surface area contributed by atoms with Crippen LogP contribution >= 0.6 is 23.5 Å². The van der Waals surface area contributed by atoms with Gasteiger partial charge in [-0.15, -0.1) is 23.5 Å². The lowest BCUT2D eigenvalue weighted by atomic mass is 10.3. The molecule has 0 aliphatic carbocycles. The maximum Gasteiger partial charge on any atom is 0.315 e. The average Bonchev–Trinajstić information content (AvgIpc) is 2.43. The molecule has 0 saturated heterocycles. The van der Waals surface area contributed by atoms with Gasteiger partial charge in [0.2, 0.25) is 0 Å². The number of phenolic OH excluding ortho intramolecular Hbond substituents is 1. The van der Waals surface area contributed by atoms with Crippen molar-refractivity contribution < 1.29 is 24.2 Å². The maximum atomic E-state index is 11.1. The van der Waals surface area contributed by atoms with E-state index in [1.807, 2.05) is 0 Å². The number of ether oxygens (including phenoxy) is 2. The van der Waals surface area contributed by atoms with Gasteiger partial charge in [-0.1, -0.05) is 0 Å². The van der Waals surface area contributed by atoms with Crippen LogP contribution in [0.1, 0.15) is 0 Å². The molecule has 1 N–H and O–H groups in total. The third-order valence-corrected chi connectivity index (χ3v) is 4.28. The molecule has 0 unspecified atom stereocenters. The fourth-order valence-electron chi connectivity index (χ4n) is 1.12. The van der Waals surface area contributed by atoms with Crippen molar-refractivity contribution in [3.8, 4) is 5.75 Å². The van der Waals surface area contributed by atoms with Crippen molar-refractivity contribution in [2.75, 3.05) is 25.7 Å². The smallest absolute Gasteiger partial charge is 0.315 e. The van der Waals surface area contributed by atoms with Gasteiger partial charge in [-0.2, -0.15) is 0 Å². The highest BCUT2D eigenvalue weighted by Crippen LogP contribution is 2.33. The summed E-state index contributed by atoms with van der Waals surface area (Å²) in [6, 6.07) is 4.78. The summed E-state index contributed by atoms with van der Waals surface area (Å²) in [6.07, 6.45) is 0. The van der Waals surface area contributed by atoms with Crippen molar-refractivity contribution in [3.63, 3.8) is 0 Å². The van der Waals surface area contributed by atoms with Gasteiger partial charge in [-0.05, 0) is 18.2 Å². The number of hydrogen-bond donors (Lipinski definition) is 1. The first-order valence-electron chi connectivity index (χ1n) is 5.29. The Bertz CT molecular complexity index is 461. The summed E-state index contributed by atoms with van der Waals surface area (Å²) < 4.78 is 9.12. The second-order valence-corrected chi connectivity index (χ2v) is 5.40. The third-order valence-electron chi connectivity index (χ3n) is 2.07. The molecule has 0 saturated carbocycles. The first-order chi connectivity index (χ1) is 9.06. The summed E-state index contributed by atoms with van der Waals surface area (Å²) in [4.78, 5) is 23.7. The number of hydrogen-bond acceptors (Lipinski definition) is 7. The van der Waals surface area contributed by atoms with Crippen LogP contribution < -0.4 is 0 Å². The summed E-state index contributed by atoms with van der Waals surface area (Å²) in [6.45, 7) is 0. The van der Waals surface area contributed by atoms with Crippen LogP contribution in [-0.4, -0.2) is 42.8 Å². The summed E-state index contributed by atoms with van der Waals surface area (Å²) in [5, 5.41) is 9.45. The molecule has 1 aromatic carbocycles. The predicted molar refractivity (Wildman–Crippen MR) is 73.6 cm³/mol. The number of esters is 2. The summed E-state index contributed by atoms with van der Waals surface area (Å²) in [7, 11) is 2.64. The molecule has 0 amide bonds. The monoisotopic (exact) mass is 302 g/mol. The van der Waals surface area contributed by atoms with Gasteiger partial charge in [-0.25, -0.2) is 0 Å². The number of phenols is 1. The lowest BCUT2D eigenvalue weighted by Gasteiger charge is -2.08. The Balaban J connectivity index is 2.73. The molecular formula is C12H14O5S2. The Morgan fingerprint density at radius 1 is 1.05 bits per heavy atom. The van der Waals surface area contributed by atoms with Gasteiger partial charge in [-0.3, -0.25) is 9.59 Å². The van der Waals surface area contributed by atoms with Crippen molar-refractivity contribution in [1.82, 2.24) is 0 Å². The number of carbonyl (C=O) groups is 2. The van der Waals surface area contributed by atoms with E-state index < -0.39 is 0 Å². The van der Waals surface area contributed by atoms with E-state index in [9.17, 15) is 14.7 Å². The quantitative estimate of drug-likeness (QED) is 0.635. The van der Waals surface area contributed by atoms with Crippen molar-refractivity contribution in [2.45, 2.75) is 9.79 Å². The molecule has 0 aliphatic rings. The highest BCUT2D eigenvalue weighted by molar-refractivity contribution is 8.03. The largest absolute Gasteiger partial charge is 0.508 e. The second kappa shape index (κ2) is 7.96. The molecule has 0 heterocycles. The van der Waals surface area contributed by atoms with Crippen molar-refractivity contribution in [2.24, 2.45) is 0 Å². The predicted octanol–water partition coefficient (Wildman–Crippen LogP) is 1.92. The Kier molecular flexibility index (Phi) is 6.58. The molecule has 0 atom stereocenters. The van der Waals surface area contributed by atoms with E-state index in [4.69, 9.17) is 0 Å². The zero-order valence-corrected chi connectivity index (χ0v) is 12.2. The molecule has 0 fully saturated rings. The van der Waals surface area contributed by atoms with E-state index >= 15 is 0 Å². The van der Waals surface area contributed by atoms with Gasteiger partial charge in [0.15, 0.2) is 0 Å². The van der Waals surface area contributed by atoms with Crippen LogP contribution in [0.4, 0.5) is 0 Å². The number of aromatic hydroxyl groups is 1. The standard InChI is InChI=1S/C12H14O5S2/c1-16-11(14)6-18-9-4-3-8(13)5-10(9)19-7-12(15)17-2/h3-5,13H,6-7H2,1-2H3. The topological polar surface area (TPSA) is 72.8 Å². The van der Waals surface area contributed by atoms with Gasteiger partial charge in [0.1, 0.15) is 5.75 Å². The molecule has 0 aromatic heterocycles. The SMILES string of the molecule is COC(=O)CSc1ccc(O)cc1SCC(=O)OC. The van der Waals surface area contributed by atoms with Crippen LogP contribution in [-0.2, 0) is 19.1 Å².